The molecule has 12 heavy (non-hydrogen) atoms. The Labute approximate surface area is 72.7 Å². The van der Waals surface area contributed by atoms with Crippen LogP contribution >= 0.6 is 0 Å². The first-order valence-corrected chi connectivity index (χ1v) is 4.11. The number of carboxylic acid groups (broad SMARTS) is 1. The van der Waals surface area contributed by atoms with E-state index in [4.69, 9.17) is 5.11 Å². The molecule has 0 rings (SSSR count). The van der Waals surface area contributed by atoms with Crippen LogP contribution in [-0.4, -0.2) is 11.3 Å². The van der Waals surface area contributed by atoms with Gasteiger partial charge in [0.25, 0.3) is 0 Å². The van der Waals surface area contributed by atoms with E-state index in [-0.39, 0.29) is 5.92 Å². The van der Waals surface area contributed by atoms with Crippen molar-refractivity contribution in [1.82, 2.24) is 0 Å². The summed E-state index contributed by atoms with van der Waals surface area (Å²) in [6.07, 6.45) is 3.81. The van der Waals surface area contributed by atoms with Crippen LogP contribution in [0.3, 0.4) is 0 Å². The van der Waals surface area contributed by atoms with Crippen LogP contribution < -0.4 is 0 Å². The van der Waals surface area contributed by atoms with E-state index in [0.29, 0.717) is 0 Å². The summed E-state index contributed by atoms with van der Waals surface area (Å²) in [5, 5.41) is 8.10. The molecule has 0 fully saturated rings. The molecule has 3 heteroatoms. The van der Waals surface area contributed by atoms with Crippen molar-refractivity contribution in [3.05, 3.63) is 0 Å². The van der Waals surface area contributed by atoms with Crippen LogP contribution in [-0.2, 0) is 4.74 Å². The topological polar surface area (TPSA) is 46.5 Å². The molecule has 68 valence electrons. The maximum absolute atomic E-state index is 9.90. The zero-order valence-corrected chi connectivity index (χ0v) is 7.46. The van der Waals surface area contributed by atoms with Crippen molar-refractivity contribution in [2.24, 2.45) is 5.92 Å². The lowest BCUT2D eigenvalue weighted by molar-refractivity contribution is 0.134. The molecule has 0 saturated carbocycles. The highest BCUT2D eigenvalue weighted by Gasteiger charge is 1.99. The van der Waals surface area contributed by atoms with Crippen LogP contribution in [0.1, 0.15) is 33.1 Å². The van der Waals surface area contributed by atoms with Gasteiger partial charge in [0.1, 0.15) is 6.11 Å². The van der Waals surface area contributed by atoms with Crippen LogP contribution in [0.25, 0.3) is 0 Å². The highest BCUT2D eigenvalue weighted by atomic mass is 16.7. The van der Waals surface area contributed by atoms with Crippen LogP contribution in [0.5, 0.6) is 0 Å². The first-order chi connectivity index (χ1) is 5.70. The largest absolute Gasteiger partial charge is 0.520 e. The third-order valence-corrected chi connectivity index (χ3v) is 1.53. The zero-order valence-electron chi connectivity index (χ0n) is 7.46. The molecule has 0 spiro atoms. The van der Waals surface area contributed by atoms with Crippen LogP contribution in [0.4, 0.5) is 4.79 Å². The molecule has 0 saturated heterocycles. The fourth-order valence-electron chi connectivity index (χ4n) is 0.883. The Morgan fingerprint density at radius 3 is 2.67 bits per heavy atom. The molecular weight excluding hydrogens is 156 g/mol. The van der Waals surface area contributed by atoms with Gasteiger partial charge in [-0.05, 0) is 12.8 Å². The monoisotopic (exact) mass is 170 g/mol. The van der Waals surface area contributed by atoms with E-state index in [1.807, 2.05) is 6.92 Å². The standard InChI is InChI=1S/C9H14O3/c1-3-5-8(4-2)6-7-12-9(10)11/h8H,3-5H2,1-2H3,(H,10,11). The van der Waals surface area contributed by atoms with E-state index in [1.165, 1.54) is 0 Å². The lowest BCUT2D eigenvalue weighted by Crippen LogP contribution is -1.96. The van der Waals surface area contributed by atoms with E-state index in [0.717, 1.165) is 19.3 Å². The van der Waals surface area contributed by atoms with Crippen LogP contribution in [0.2, 0.25) is 0 Å². The van der Waals surface area contributed by atoms with E-state index in [1.54, 1.807) is 0 Å². The second-order valence-electron chi connectivity index (χ2n) is 2.51. The minimum Gasteiger partial charge on any atom is -0.449 e. The highest BCUT2D eigenvalue weighted by Crippen LogP contribution is 2.08. The number of ether oxygens (including phenoxy) is 1. The molecule has 0 aliphatic carbocycles. The van der Waals surface area contributed by atoms with Crippen molar-refractivity contribution >= 4 is 6.16 Å². The van der Waals surface area contributed by atoms with Gasteiger partial charge in [-0.1, -0.05) is 26.2 Å². The second kappa shape index (κ2) is 6.53. The summed E-state index contributed by atoms with van der Waals surface area (Å²) in [6.45, 7) is 4.10. The summed E-state index contributed by atoms with van der Waals surface area (Å²) in [7, 11) is 0. The van der Waals surface area contributed by atoms with E-state index < -0.39 is 6.16 Å². The average molecular weight is 170 g/mol. The van der Waals surface area contributed by atoms with Gasteiger partial charge in [0, 0.05) is 5.92 Å². The van der Waals surface area contributed by atoms with Crippen molar-refractivity contribution < 1.29 is 14.6 Å². The number of hydrogen-bond donors (Lipinski definition) is 1. The maximum Gasteiger partial charge on any atom is 0.520 e. The first-order valence-electron chi connectivity index (χ1n) is 4.11. The van der Waals surface area contributed by atoms with Gasteiger partial charge in [-0.3, -0.25) is 0 Å². The van der Waals surface area contributed by atoms with E-state index >= 15 is 0 Å². The molecule has 0 aliphatic rings. The van der Waals surface area contributed by atoms with Gasteiger partial charge in [0.05, 0.1) is 0 Å². The molecule has 3 nitrogen and oxygen atoms in total. The van der Waals surface area contributed by atoms with Crippen molar-refractivity contribution in [1.29, 1.82) is 0 Å². The lowest BCUT2D eigenvalue weighted by Gasteiger charge is -2.02. The zero-order chi connectivity index (χ0) is 9.40. The van der Waals surface area contributed by atoms with Crippen molar-refractivity contribution in [3.63, 3.8) is 0 Å². The molecule has 0 aromatic heterocycles. The molecule has 1 unspecified atom stereocenters. The molecule has 0 aromatic rings. The van der Waals surface area contributed by atoms with Gasteiger partial charge in [0.2, 0.25) is 0 Å². The molecule has 0 amide bonds. The van der Waals surface area contributed by atoms with Gasteiger partial charge in [0.15, 0.2) is 0 Å². The summed E-state index contributed by atoms with van der Waals surface area (Å²) >= 11 is 0. The normalized spacial score (nSPS) is 11.2. The van der Waals surface area contributed by atoms with Crippen molar-refractivity contribution in [2.75, 3.05) is 0 Å². The Morgan fingerprint density at radius 2 is 2.25 bits per heavy atom. The summed E-state index contributed by atoms with van der Waals surface area (Å²) in [5.41, 5.74) is 0. The number of hydrogen-bond acceptors (Lipinski definition) is 2. The molecule has 0 heterocycles. The fourth-order valence-corrected chi connectivity index (χ4v) is 0.883. The summed E-state index contributed by atoms with van der Waals surface area (Å²) in [4.78, 5) is 9.90. The Kier molecular flexibility index (Phi) is 5.90. The Hall–Kier alpha value is -1.17. The predicted octanol–water partition coefficient (Wildman–Crippen LogP) is 2.47. The summed E-state index contributed by atoms with van der Waals surface area (Å²) in [5.74, 6) is 3.01. The Morgan fingerprint density at radius 1 is 1.58 bits per heavy atom. The van der Waals surface area contributed by atoms with Gasteiger partial charge in [-0.25, -0.2) is 4.79 Å². The molecule has 1 N–H and O–H groups in total. The maximum atomic E-state index is 9.90. The third-order valence-electron chi connectivity index (χ3n) is 1.53. The minimum atomic E-state index is -1.34. The molecule has 1 atom stereocenters. The predicted molar refractivity (Wildman–Crippen MR) is 45.6 cm³/mol. The second-order valence-corrected chi connectivity index (χ2v) is 2.51. The fraction of sp³-hybridized carbons (Fsp3) is 0.667. The number of rotatable bonds is 3. The van der Waals surface area contributed by atoms with E-state index in [2.05, 4.69) is 23.7 Å². The van der Waals surface area contributed by atoms with Crippen molar-refractivity contribution in [2.45, 2.75) is 33.1 Å². The molecule has 0 radical (unpaired) electrons. The summed E-state index contributed by atoms with van der Waals surface area (Å²) in [6, 6.07) is 0. The molecule has 0 aliphatic heterocycles. The number of carbonyl (C=O) groups is 1. The SMILES string of the molecule is CCCC(C#COC(=O)O)CC. The molecule has 0 aromatic carbocycles. The van der Waals surface area contributed by atoms with Gasteiger partial charge in [-0.15, -0.1) is 0 Å². The average Bonchev–Trinajstić information content (AvgIpc) is 2.02. The minimum absolute atomic E-state index is 0.259. The smallest absolute Gasteiger partial charge is 0.449 e. The Bertz CT molecular complexity index is 188. The van der Waals surface area contributed by atoms with Gasteiger partial charge >= 0.3 is 6.16 Å². The quantitative estimate of drug-likeness (QED) is 0.522. The molecular formula is C9H14O3. The van der Waals surface area contributed by atoms with Crippen LogP contribution in [0, 0.1) is 17.9 Å². The summed E-state index contributed by atoms with van der Waals surface area (Å²) < 4.78 is 4.08. The molecule has 0 bridgehead atoms. The highest BCUT2D eigenvalue weighted by molar-refractivity contribution is 5.58. The van der Waals surface area contributed by atoms with Crippen molar-refractivity contribution in [3.8, 4) is 12.0 Å². The first kappa shape index (κ1) is 10.8. The lowest BCUT2D eigenvalue weighted by atomic mass is 10.0. The third kappa shape index (κ3) is 5.60. The van der Waals surface area contributed by atoms with E-state index in [9.17, 15) is 4.79 Å². The van der Waals surface area contributed by atoms with Gasteiger partial charge in [-0.2, -0.15) is 0 Å². The van der Waals surface area contributed by atoms with Crippen LogP contribution in [0.15, 0.2) is 0 Å². The Balaban J connectivity index is 3.79. The van der Waals surface area contributed by atoms with Gasteiger partial charge < -0.3 is 9.84 Å².